The van der Waals surface area contributed by atoms with Gasteiger partial charge in [0.05, 0.1) is 17.3 Å². The highest BCUT2D eigenvalue weighted by Crippen LogP contribution is 2.15. The maximum Gasteiger partial charge on any atom is 0.310 e. The predicted molar refractivity (Wildman–Crippen MR) is 191 cm³/mol. The molecule has 0 aliphatic carbocycles. The molecule has 0 aliphatic rings. The fraction of sp³-hybridized carbons (Fsp3) is 0.206. The molecule has 6 heterocycles. The first-order valence-electron chi connectivity index (χ1n) is 16.2. The van der Waals surface area contributed by atoms with E-state index in [1.165, 1.54) is 51.3 Å². The van der Waals surface area contributed by atoms with Crippen LogP contribution in [0.5, 0.6) is 11.5 Å². The molecule has 8 aromatic rings. The summed E-state index contributed by atoms with van der Waals surface area (Å²) in [5.41, 5.74) is 2.25. The van der Waals surface area contributed by atoms with Crippen LogP contribution in [0.4, 0.5) is 4.39 Å². The molecule has 0 saturated heterocycles. The largest absolute Gasteiger partial charge is 0.487 e. The average molecular weight is 743 g/mol. The second-order valence-corrected chi connectivity index (χ2v) is 11.4. The van der Waals surface area contributed by atoms with Crippen LogP contribution in [-0.2, 0) is 31.9 Å². The van der Waals surface area contributed by atoms with E-state index in [4.69, 9.17) is 21.1 Å². The number of aromatic amines is 3. The van der Waals surface area contributed by atoms with Crippen LogP contribution in [0.2, 0.25) is 0 Å². The van der Waals surface area contributed by atoms with E-state index in [1.54, 1.807) is 12.1 Å². The summed E-state index contributed by atoms with van der Waals surface area (Å²) in [5.74, 6) is 1.43. The molecule has 53 heavy (non-hydrogen) atoms. The minimum absolute atomic E-state index is 0.0633. The Balaban J connectivity index is 0.000000141. The molecule has 0 fully saturated rings. The Bertz CT molecular complexity index is 2630. The number of aryl methyl sites for hydroxylation is 2. The highest BCUT2D eigenvalue weighted by atomic mass is 35.5. The molecule has 0 atom stereocenters. The molecule has 0 bridgehead atoms. The van der Waals surface area contributed by atoms with Crippen LogP contribution in [0.15, 0.2) is 94.0 Å². The van der Waals surface area contributed by atoms with Gasteiger partial charge in [0.15, 0.2) is 0 Å². The Hall–Kier alpha value is -6.69. The van der Waals surface area contributed by atoms with Crippen molar-refractivity contribution in [2.24, 2.45) is 0 Å². The van der Waals surface area contributed by atoms with Gasteiger partial charge in [0.1, 0.15) is 49.4 Å². The Labute approximate surface area is 303 Å². The quantitative estimate of drug-likeness (QED) is 0.183. The Morgan fingerprint density at radius 3 is 1.60 bits per heavy atom. The smallest absolute Gasteiger partial charge is 0.310 e. The first-order chi connectivity index (χ1) is 25.8. The lowest BCUT2D eigenvalue weighted by Gasteiger charge is -2.07. The van der Waals surface area contributed by atoms with E-state index in [9.17, 15) is 18.8 Å². The van der Waals surface area contributed by atoms with Gasteiger partial charge in [0, 0.05) is 12.1 Å². The zero-order chi connectivity index (χ0) is 37.3. The van der Waals surface area contributed by atoms with Gasteiger partial charge < -0.3 is 9.47 Å². The highest BCUT2D eigenvalue weighted by Gasteiger charge is 2.14. The van der Waals surface area contributed by atoms with Crippen molar-refractivity contribution in [3.05, 3.63) is 145 Å². The minimum Gasteiger partial charge on any atom is -0.487 e. The topological polar surface area (TPSA) is 208 Å². The molecule has 6 aromatic heterocycles. The molecule has 0 aliphatic heterocycles. The van der Waals surface area contributed by atoms with Gasteiger partial charge in [-0.3, -0.25) is 29.7 Å². The van der Waals surface area contributed by atoms with Gasteiger partial charge in [-0.25, -0.2) is 29.9 Å². The zero-order valence-corrected chi connectivity index (χ0v) is 29.1. The van der Waals surface area contributed by atoms with Crippen molar-refractivity contribution in [1.82, 2.24) is 58.7 Å². The molecule has 3 N–H and O–H groups in total. The number of hydrogen-bond donors (Lipinski definition) is 3. The monoisotopic (exact) mass is 742 g/mol. The van der Waals surface area contributed by atoms with Gasteiger partial charge in [0.25, 0.3) is 28.5 Å². The lowest BCUT2D eigenvalue weighted by atomic mass is 10.2. The van der Waals surface area contributed by atoms with E-state index in [0.717, 1.165) is 23.1 Å². The van der Waals surface area contributed by atoms with Crippen molar-refractivity contribution in [2.45, 2.75) is 45.8 Å². The van der Waals surface area contributed by atoms with Crippen LogP contribution in [-0.4, -0.2) is 58.7 Å². The number of ether oxygens (including phenoxy) is 2. The molecule has 0 spiro atoms. The Morgan fingerprint density at radius 1 is 0.642 bits per heavy atom. The van der Waals surface area contributed by atoms with Gasteiger partial charge >= 0.3 is 5.56 Å². The third kappa shape index (κ3) is 8.62. The first kappa shape index (κ1) is 36.1. The molecule has 0 amide bonds. The Kier molecular flexibility index (Phi) is 11.3. The summed E-state index contributed by atoms with van der Waals surface area (Å²) in [7, 11) is 0. The molecular weight excluding hydrogens is 711 g/mol. The molecule has 19 heteroatoms. The molecule has 8 rings (SSSR count). The molecule has 2 aromatic carbocycles. The van der Waals surface area contributed by atoms with E-state index < -0.39 is 11.4 Å². The van der Waals surface area contributed by atoms with Crippen LogP contribution < -0.4 is 26.2 Å². The van der Waals surface area contributed by atoms with Crippen molar-refractivity contribution < 1.29 is 13.9 Å². The van der Waals surface area contributed by atoms with Crippen LogP contribution in [0, 0.1) is 5.82 Å². The SMILES string of the molecule is CCc1ccc(OCc2cc(=O)n3[nH]cnc3n2)cc1.CCc1ccc(OCc2nc3nc[nH]n3c(=O)c2F)cc1.O=c1cc(CCl)nc2nc[nH]n12. The fourth-order valence-electron chi connectivity index (χ4n) is 4.81. The Morgan fingerprint density at radius 2 is 1.09 bits per heavy atom. The number of rotatable bonds is 9. The van der Waals surface area contributed by atoms with Gasteiger partial charge in [-0.1, -0.05) is 38.1 Å². The van der Waals surface area contributed by atoms with Crippen LogP contribution in [0.3, 0.4) is 0 Å². The maximum atomic E-state index is 13.9. The van der Waals surface area contributed by atoms with Crippen molar-refractivity contribution in [3.63, 3.8) is 0 Å². The number of nitrogens with one attached hydrogen (secondary N) is 3. The number of halogens is 2. The third-order valence-electron chi connectivity index (χ3n) is 7.65. The summed E-state index contributed by atoms with van der Waals surface area (Å²) in [6.45, 7) is 4.27. The lowest BCUT2D eigenvalue weighted by Crippen LogP contribution is -2.22. The maximum absolute atomic E-state index is 13.9. The number of hydrogen-bond acceptors (Lipinski definition) is 11. The molecule has 0 radical (unpaired) electrons. The van der Waals surface area contributed by atoms with Crippen molar-refractivity contribution in [2.75, 3.05) is 0 Å². The van der Waals surface area contributed by atoms with E-state index in [0.29, 0.717) is 28.7 Å². The summed E-state index contributed by atoms with van der Waals surface area (Å²) in [4.78, 5) is 58.5. The second-order valence-electron chi connectivity index (χ2n) is 11.1. The molecule has 17 nitrogen and oxygen atoms in total. The highest BCUT2D eigenvalue weighted by molar-refractivity contribution is 6.16. The standard InChI is InChI=1S/C14H13FN4O2.C14H14N4O2.C6H5ClN4O/c1-2-9-3-5-10(6-4-9)21-7-11-12(15)13(20)19-14(18-11)16-8-17-19;1-2-10-3-5-12(6-4-10)20-8-11-7-13(19)18-14(17-11)15-9-16-18;7-2-4-1-5(12)11-6(10-4)8-3-9-11/h3-6,8H,2,7H2,1H3,(H,16,17,18);3-7,9H,2,8H2,1H3,(H,15,16,17);1,3H,2H2,(H,8,9,10). The van der Waals surface area contributed by atoms with Crippen LogP contribution in [0.1, 0.15) is 42.1 Å². The van der Waals surface area contributed by atoms with E-state index in [2.05, 4.69) is 59.0 Å². The van der Waals surface area contributed by atoms with Crippen molar-refractivity contribution in [3.8, 4) is 11.5 Å². The van der Waals surface area contributed by atoms with Crippen molar-refractivity contribution >= 4 is 28.9 Å². The predicted octanol–water partition coefficient (Wildman–Crippen LogP) is 3.41. The normalized spacial score (nSPS) is 10.9. The van der Waals surface area contributed by atoms with Gasteiger partial charge in [-0.2, -0.15) is 17.9 Å². The first-order valence-corrected chi connectivity index (χ1v) is 16.7. The molecular formula is C34H32ClFN12O5. The summed E-state index contributed by atoms with van der Waals surface area (Å²) in [6.07, 6.45) is 6.04. The van der Waals surface area contributed by atoms with E-state index in [-0.39, 0.29) is 41.7 Å². The van der Waals surface area contributed by atoms with E-state index in [1.807, 2.05) is 36.4 Å². The van der Waals surface area contributed by atoms with Gasteiger partial charge in [-0.05, 0) is 48.2 Å². The molecule has 0 saturated carbocycles. The molecule has 0 unspecified atom stereocenters. The average Bonchev–Trinajstić information content (AvgIpc) is 3.98. The fourth-order valence-corrected chi connectivity index (χ4v) is 4.94. The second kappa shape index (κ2) is 16.6. The van der Waals surface area contributed by atoms with Crippen LogP contribution in [0.25, 0.3) is 17.3 Å². The summed E-state index contributed by atoms with van der Waals surface area (Å²) >= 11 is 5.52. The lowest BCUT2D eigenvalue weighted by molar-refractivity contribution is 0.293. The summed E-state index contributed by atoms with van der Waals surface area (Å²) in [5, 5.41) is 7.81. The van der Waals surface area contributed by atoms with Crippen LogP contribution >= 0.6 is 11.6 Å². The number of nitrogens with zero attached hydrogens (tertiary/aromatic N) is 9. The van der Waals surface area contributed by atoms with Crippen molar-refractivity contribution in [1.29, 1.82) is 0 Å². The number of alkyl halides is 1. The van der Waals surface area contributed by atoms with Gasteiger partial charge in [0.2, 0.25) is 5.82 Å². The summed E-state index contributed by atoms with van der Waals surface area (Å²) < 4.78 is 28.5. The number of H-pyrrole nitrogens is 3. The number of aromatic nitrogens is 12. The van der Waals surface area contributed by atoms with Gasteiger partial charge in [-0.15, -0.1) is 11.6 Å². The third-order valence-corrected chi connectivity index (χ3v) is 7.92. The number of fused-ring (bicyclic) bond motifs is 3. The number of benzene rings is 2. The minimum atomic E-state index is -0.943. The summed E-state index contributed by atoms with van der Waals surface area (Å²) in [6, 6.07) is 18.2. The molecule has 272 valence electrons. The zero-order valence-electron chi connectivity index (χ0n) is 28.4. The van der Waals surface area contributed by atoms with E-state index >= 15 is 0 Å².